The zero-order valence-electron chi connectivity index (χ0n) is 7.00. The number of aliphatic hydroxyl groups excluding tert-OH is 1. The fraction of sp³-hybridized carbons (Fsp3) is 0.333. The largest absolute Gasteiger partial charge is 0.396 e. The van der Waals surface area contributed by atoms with Gasteiger partial charge in [0.25, 0.3) is 0 Å². The average Bonchev–Trinajstić information content (AvgIpc) is 2.14. The molecule has 13 heavy (non-hydrogen) atoms. The highest BCUT2D eigenvalue weighted by atomic mass is 79.9. The van der Waals surface area contributed by atoms with E-state index in [-0.39, 0.29) is 24.9 Å². The predicted octanol–water partition coefficient (Wildman–Crippen LogP) is 1.62. The van der Waals surface area contributed by atoms with Crippen LogP contribution in [0, 0.1) is 5.82 Å². The highest BCUT2D eigenvalue weighted by Gasteiger charge is 2.14. The van der Waals surface area contributed by atoms with E-state index in [1.807, 2.05) is 0 Å². The summed E-state index contributed by atoms with van der Waals surface area (Å²) in [6.45, 7) is 0.105. The van der Waals surface area contributed by atoms with Crippen LogP contribution in [0.3, 0.4) is 0 Å². The van der Waals surface area contributed by atoms with Crippen LogP contribution >= 0.6 is 15.9 Å². The van der Waals surface area contributed by atoms with Crippen LogP contribution in [0.15, 0.2) is 22.7 Å². The lowest BCUT2D eigenvalue weighted by Gasteiger charge is -2.13. The predicted molar refractivity (Wildman–Crippen MR) is 53.0 cm³/mol. The SMILES string of the molecule is NCC(CO)c1cccc(Br)c1F. The molecule has 0 aliphatic carbocycles. The lowest BCUT2D eigenvalue weighted by atomic mass is 10.00. The number of halogens is 2. The van der Waals surface area contributed by atoms with Gasteiger partial charge in [0, 0.05) is 12.5 Å². The number of hydrogen-bond donors (Lipinski definition) is 2. The maximum Gasteiger partial charge on any atom is 0.140 e. The summed E-state index contributed by atoms with van der Waals surface area (Å²) in [6, 6.07) is 4.97. The normalized spacial score (nSPS) is 12.9. The quantitative estimate of drug-likeness (QED) is 0.853. The Labute approximate surface area is 84.7 Å². The van der Waals surface area contributed by atoms with Crippen molar-refractivity contribution in [3.63, 3.8) is 0 Å². The van der Waals surface area contributed by atoms with Crippen LogP contribution in [0.1, 0.15) is 11.5 Å². The summed E-state index contributed by atoms with van der Waals surface area (Å²) in [6.07, 6.45) is 0. The Kier molecular flexibility index (Phi) is 3.84. The van der Waals surface area contributed by atoms with Gasteiger partial charge in [0.15, 0.2) is 0 Å². The van der Waals surface area contributed by atoms with Crippen LogP contribution < -0.4 is 5.73 Å². The molecule has 0 saturated heterocycles. The maximum atomic E-state index is 13.4. The molecule has 0 aliphatic rings. The summed E-state index contributed by atoms with van der Waals surface area (Å²) >= 11 is 3.08. The number of rotatable bonds is 3. The molecule has 0 radical (unpaired) electrons. The van der Waals surface area contributed by atoms with E-state index in [1.54, 1.807) is 18.2 Å². The Morgan fingerprint density at radius 1 is 1.54 bits per heavy atom. The highest BCUT2D eigenvalue weighted by Crippen LogP contribution is 2.24. The molecule has 0 saturated carbocycles. The van der Waals surface area contributed by atoms with Crippen LogP contribution in [-0.2, 0) is 0 Å². The minimum absolute atomic E-state index is 0.135. The first-order valence-corrected chi connectivity index (χ1v) is 4.74. The smallest absolute Gasteiger partial charge is 0.140 e. The fourth-order valence-corrected chi connectivity index (χ4v) is 1.52. The lowest BCUT2D eigenvalue weighted by molar-refractivity contribution is 0.265. The van der Waals surface area contributed by atoms with Gasteiger partial charge in [-0.25, -0.2) is 4.39 Å². The third kappa shape index (κ3) is 2.27. The van der Waals surface area contributed by atoms with Crippen LogP contribution in [0.5, 0.6) is 0 Å². The summed E-state index contributed by atoms with van der Waals surface area (Å²) in [7, 11) is 0. The molecule has 0 aromatic heterocycles. The second-order valence-corrected chi connectivity index (χ2v) is 3.61. The zero-order chi connectivity index (χ0) is 9.84. The summed E-state index contributed by atoms with van der Waals surface area (Å²) < 4.78 is 13.8. The first kappa shape index (κ1) is 10.6. The van der Waals surface area contributed by atoms with E-state index in [0.717, 1.165) is 0 Å². The number of aliphatic hydroxyl groups is 1. The number of nitrogens with two attached hydrogens (primary N) is 1. The fourth-order valence-electron chi connectivity index (χ4n) is 1.14. The summed E-state index contributed by atoms with van der Waals surface area (Å²) in [5.74, 6) is -0.662. The van der Waals surface area contributed by atoms with Gasteiger partial charge in [-0.3, -0.25) is 0 Å². The summed E-state index contributed by atoms with van der Waals surface area (Å²) in [5.41, 5.74) is 5.85. The van der Waals surface area contributed by atoms with Crippen molar-refractivity contribution in [3.8, 4) is 0 Å². The topological polar surface area (TPSA) is 46.2 Å². The Morgan fingerprint density at radius 3 is 2.77 bits per heavy atom. The van der Waals surface area contributed by atoms with Gasteiger partial charge in [-0.1, -0.05) is 12.1 Å². The van der Waals surface area contributed by atoms with E-state index in [0.29, 0.717) is 10.0 Å². The van der Waals surface area contributed by atoms with Crippen LogP contribution in [0.4, 0.5) is 4.39 Å². The first-order valence-electron chi connectivity index (χ1n) is 3.95. The molecule has 0 bridgehead atoms. The van der Waals surface area contributed by atoms with Gasteiger partial charge in [0.1, 0.15) is 5.82 Å². The van der Waals surface area contributed by atoms with Gasteiger partial charge in [-0.15, -0.1) is 0 Å². The van der Waals surface area contributed by atoms with Crippen LogP contribution in [0.25, 0.3) is 0 Å². The minimum atomic E-state index is -0.341. The molecule has 0 amide bonds. The van der Waals surface area contributed by atoms with Crippen molar-refractivity contribution in [3.05, 3.63) is 34.1 Å². The molecule has 72 valence electrons. The Balaban J connectivity index is 3.05. The minimum Gasteiger partial charge on any atom is -0.396 e. The van der Waals surface area contributed by atoms with Crippen LogP contribution in [0.2, 0.25) is 0 Å². The van der Waals surface area contributed by atoms with Gasteiger partial charge in [-0.05, 0) is 27.6 Å². The number of hydrogen-bond acceptors (Lipinski definition) is 2. The van der Waals surface area contributed by atoms with Gasteiger partial charge in [0.05, 0.1) is 11.1 Å². The highest BCUT2D eigenvalue weighted by molar-refractivity contribution is 9.10. The van der Waals surface area contributed by atoms with E-state index in [2.05, 4.69) is 15.9 Å². The monoisotopic (exact) mass is 247 g/mol. The molecule has 1 aromatic carbocycles. The molecule has 0 fully saturated rings. The van der Waals surface area contributed by atoms with E-state index in [9.17, 15) is 4.39 Å². The number of benzene rings is 1. The Hall–Kier alpha value is -0.450. The third-order valence-corrected chi connectivity index (χ3v) is 2.54. The molecule has 0 aliphatic heterocycles. The molecule has 4 heteroatoms. The molecule has 0 spiro atoms. The molecule has 2 nitrogen and oxygen atoms in total. The standard InChI is InChI=1S/C9H11BrFNO/c10-8-3-1-2-7(9(8)11)6(4-12)5-13/h1-3,6,13H,4-5,12H2. The second-order valence-electron chi connectivity index (χ2n) is 2.76. The van der Waals surface area contributed by atoms with E-state index in [1.165, 1.54) is 0 Å². The van der Waals surface area contributed by atoms with Crippen molar-refractivity contribution in [1.82, 2.24) is 0 Å². The van der Waals surface area contributed by atoms with Crippen molar-refractivity contribution in [2.75, 3.05) is 13.2 Å². The third-order valence-electron chi connectivity index (χ3n) is 1.93. The maximum absolute atomic E-state index is 13.4. The molecule has 1 rings (SSSR count). The Bertz CT molecular complexity index is 289. The van der Waals surface area contributed by atoms with Crippen molar-refractivity contribution in [1.29, 1.82) is 0 Å². The second kappa shape index (κ2) is 4.69. The zero-order valence-corrected chi connectivity index (χ0v) is 8.59. The molecule has 1 aromatic rings. The molecule has 1 unspecified atom stereocenters. The van der Waals surface area contributed by atoms with Gasteiger partial charge < -0.3 is 10.8 Å². The van der Waals surface area contributed by atoms with E-state index >= 15 is 0 Å². The molecular formula is C9H11BrFNO. The first-order chi connectivity index (χ1) is 6.20. The van der Waals surface area contributed by atoms with Crippen molar-refractivity contribution < 1.29 is 9.50 Å². The van der Waals surface area contributed by atoms with Crippen molar-refractivity contribution in [2.45, 2.75) is 5.92 Å². The van der Waals surface area contributed by atoms with E-state index in [4.69, 9.17) is 10.8 Å². The van der Waals surface area contributed by atoms with Gasteiger partial charge in [-0.2, -0.15) is 0 Å². The Morgan fingerprint density at radius 2 is 2.23 bits per heavy atom. The molecule has 3 N–H and O–H groups in total. The van der Waals surface area contributed by atoms with Gasteiger partial charge >= 0.3 is 0 Å². The van der Waals surface area contributed by atoms with Gasteiger partial charge in [0.2, 0.25) is 0 Å². The van der Waals surface area contributed by atoms with Crippen LogP contribution in [-0.4, -0.2) is 18.3 Å². The summed E-state index contributed by atoms with van der Waals surface area (Å²) in [5, 5.41) is 8.93. The average molecular weight is 248 g/mol. The molecule has 1 atom stereocenters. The van der Waals surface area contributed by atoms with Crippen molar-refractivity contribution >= 4 is 15.9 Å². The summed E-state index contributed by atoms with van der Waals surface area (Å²) in [4.78, 5) is 0. The lowest BCUT2D eigenvalue weighted by Crippen LogP contribution is -2.17. The molecule has 0 heterocycles. The molecular weight excluding hydrogens is 237 g/mol. The van der Waals surface area contributed by atoms with E-state index < -0.39 is 0 Å². The van der Waals surface area contributed by atoms with Crippen molar-refractivity contribution in [2.24, 2.45) is 5.73 Å².